The van der Waals surface area contributed by atoms with Crippen LogP contribution in [0.4, 0.5) is 5.82 Å². The number of aromatic amines is 1. The Kier molecular flexibility index (Phi) is 3.43. The molecule has 25 heavy (non-hydrogen) atoms. The van der Waals surface area contributed by atoms with Gasteiger partial charge in [-0.25, -0.2) is 20.0 Å². The van der Waals surface area contributed by atoms with E-state index < -0.39 is 0 Å². The number of hydrogen-bond donors (Lipinski definition) is 1. The van der Waals surface area contributed by atoms with Crippen molar-refractivity contribution in [1.82, 2.24) is 25.0 Å². The third-order valence-electron chi connectivity index (χ3n) is 6.00. The average Bonchev–Trinajstić information content (AvgIpc) is 3.23. The number of hydrazine groups is 1. The highest BCUT2D eigenvalue weighted by Gasteiger charge is 2.54. The lowest BCUT2D eigenvalue weighted by atomic mass is 10.0. The van der Waals surface area contributed by atoms with Gasteiger partial charge in [0.15, 0.2) is 0 Å². The minimum Gasteiger partial charge on any atom is -0.353 e. The van der Waals surface area contributed by atoms with Crippen molar-refractivity contribution in [2.45, 2.75) is 31.2 Å². The summed E-state index contributed by atoms with van der Waals surface area (Å²) in [4.78, 5) is 14.5. The molecule has 0 radical (unpaired) electrons. The van der Waals surface area contributed by atoms with Crippen molar-refractivity contribution >= 4 is 16.9 Å². The topological polar surface area (TPSA) is 75.1 Å². The fourth-order valence-electron chi connectivity index (χ4n) is 4.54. The molecule has 2 aromatic heterocycles. The maximum absolute atomic E-state index is 9.30. The molecule has 2 saturated heterocycles. The van der Waals surface area contributed by atoms with Crippen LogP contribution in [-0.4, -0.2) is 63.2 Å². The van der Waals surface area contributed by atoms with Crippen molar-refractivity contribution in [1.29, 1.82) is 5.26 Å². The molecule has 3 fully saturated rings. The Balaban J connectivity index is 1.38. The molecule has 1 atom stereocenters. The molecule has 2 aromatic rings. The summed E-state index contributed by atoms with van der Waals surface area (Å²) in [5, 5.41) is 15.5. The summed E-state index contributed by atoms with van der Waals surface area (Å²) in [6, 6.07) is 4.54. The lowest BCUT2D eigenvalue weighted by Gasteiger charge is -2.49. The standard InChI is InChI=1S/C18H23N7/c19-10-14-2-1-7-24(11-14)25-9-8-23(12-18(25)4-5-18)17-15-3-6-20-16(15)21-13-22-17/h3,6,13-14H,1-2,4-5,7-9,11-12H2,(H,20,21,22). The molecule has 1 N–H and O–H groups in total. The van der Waals surface area contributed by atoms with Gasteiger partial charge < -0.3 is 9.88 Å². The van der Waals surface area contributed by atoms with Crippen LogP contribution in [0.2, 0.25) is 0 Å². The third kappa shape index (κ3) is 2.48. The van der Waals surface area contributed by atoms with Crippen molar-refractivity contribution in [2.24, 2.45) is 5.92 Å². The highest BCUT2D eigenvalue weighted by atomic mass is 15.7. The Bertz CT molecular complexity index is 818. The van der Waals surface area contributed by atoms with Gasteiger partial charge in [-0.2, -0.15) is 5.26 Å². The van der Waals surface area contributed by atoms with Gasteiger partial charge in [0.05, 0.1) is 22.9 Å². The Morgan fingerprint density at radius 3 is 3.00 bits per heavy atom. The fraction of sp³-hybridized carbons (Fsp3) is 0.611. The summed E-state index contributed by atoms with van der Waals surface area (Å²) in [5.41, 5.74) is 1.15. The Hall–Kier alpha value is -2.17. The van der Waals surface area contributed by atoms with Crippen LogP contribution in [0.15, 0.2) is 18.6 Å². The number of fused-ring (bicyclic) bond motifs is 1. The van der Waals surface area contributed by atoms with Gasteiger partial charge in [0.25, 0.3) is 0 Å². The zero-order valence-electron chi connectivity index (χ0n) is 14.4. The van der Waals surface area contributed by atoms with Gasteiger partial charge in [-0.1, -0.05) is 0 Å². The first-order chi connectivity index (χ1) is 12.3. The number of anilines is 1. The molecule has 1 saturated carbocycles. The lowest BCUT2D eigenvalue weighted by molar-refractivity contribution is -0.0953. The highest BCUT2D eigenvalue weighted by Crippen LogP contribution is 2.46. The predicted molar refractivity (Wildman–Crippen MR) is 94.7 cm³/mol. The van der Waals surface area contributed by atoms with E-state index in [4.69, 9.17) is 0 Å². The summed E-state index contributed by atoms with van der Waals surface area (Å²) in [7, 11) is 0. The summed E-state index contributed by atoms with van der Waals surface area (Å²) >= 11 is 0. The number of hydrogen-bond acceptors (Lipinski definition) is 6. The maximum atomic E-state index is 9.30. The molecule has 0 aromatic carbocycles. The van der Waals surface area contributed by atoms with Gasteiger partial charge in [0.1, 0.15) is 17.8 Å². The first-order valence-electron chi connectivity index (χ1n) is 9.24. The number of piperidine rings is 1. The molecule has 0 amide bonds. The minimum atomic E-state index is 0.184. The summed E-state index contributed by atoms with van der Waals surface area (Å²) in [5.74, 6) is 1.23. The molecule has 7 heteroatoms. The Labute approximate surface area is 147 Å². The molecule has 1 spiro atoms. The molecular weight excluding hydrogens is 314 g/mol. The molecule has 0 bridgehead atoms. The van der Waals surface area contributed by atoms with E-state index in [1.807, 2.05) is 6.20 Å². The first kappa shape index (κ1) is 15.1. The van der Waals surface area contributed by atoms with Crippen molar-refractivity contribution in [3.8, 4) is 6.07 Å². The monoisotopic (exact) mass is 337 g/mol. The van der Waals surface area contributed by atoms with E-state index in [-0.39, 0.29) is 11.5 Å². The second-order valence-electron chi connectivity index (χ2n) is 7.59. The quantitative estimate of drug-likeness (QED) is 0.900. The minimum absolute atomic E-state index is 0.184. The zero-order valence-corrected chi connectivity index (χ0v) is 14.4. The van der Waals surface area contributed by atoms with Crippen LogP contribution in [0.1, 0.15) is 25.7 Å². The Morgan fingerprint density at radius 1 is 1.24 bits per heavy atom. The van der Waals surface area contributed by atoms with E-state index in [1.54, 1.807) is 6.33 Å². The second-order valence-corrected chi connectivity index (χ2v) is 7.59. The predicted octanol–water partition coefficient (Wildman–Crippen LogP) is 1.76. The van der Waals surface area contributed by atoms with Gasteiger partial charge in [0.2, 0.25) is 0 Å². The number of piperazine rings is 1. The number of aromatic nitrogens is 3. The molecule has 7 nitrogen and oxygen atoms in total. The summed E-state index contributed by atoms with van der Waals surface area (Å²) in [6.45, 7) is 4.97. The molecule has 2 aliphatic heterocycles. The van der Waals surface area contributed by atoms with Gasteiger partial charge >= 0.3 is 0 Å². The molecular formula is C18H23N7. The summed E-state index contributed by atoms with van der Waals surface area (Å²) in [6.07, 6.45) is 8.23. The number of nitriles is 1. The number of rotatable bonds is 2. The van der Waals surface area contributed by atoms with E-state index in [0.717, 1.165) is 62.4 Å². The number of H-pyrrole nitrogens is 1. The maximum Gasteiger partial charge on any atom is 0.142 e. The van der Waals surface area contributed by atoms with Crippen LogP contribution in [0, 0.1) is 17.2 Å². The Morgan fingerprint density at radius 2 is 2.16 bits per heavy atom. The van der Waals surface area contributed by atoms with Gasteiger partial charge in [-0.3, -0.25) is 0 Å². The van der Waals surface area contributed by atoms with Gasteiger partial charge in [0, 0.05) is 38.9 Å². The molecule has 1 unspecified atom stereocenters. The van der Waals surface area contributed by atoms with Crippen LogP contribution in [-0.2, 0) is 0 Å². The first-order valence-corrected chi connectivity index (χ1v) is 9.24. The average molecular weight is 337 g/mol. The smallest absolute Gasteiger partial charge is 0.142 e. The normalized spacial score (nSPS) is 26.8. The largest absolute Gasteiger partial charge is 0.353 e. The van der Waals surface area contributed by atoms with E-state index >= 15 is 0 Å². The summed E-state index contributed by atoms with van der Waals surface area (Å²) < 4.78 is 0. The fourth-order valence-corrected chi connectivity index (χ4v) is 4.54. The van der Waals surface area contributed by atoms with Crippen molar-refractivity contribution in [3.05, 3.63) is 18.6 Å². The lowest BCUT2D eigenvalue weighted by Crippen LogP contribution is -2.62. The van der Waals surface area contributed by atoms with E-state index in [0.29, 0.717) is 0 Å². The molecule has 5 rings (SSSR count). The van der Waals surface area contributed by atoms with Gasteiger partial charge in [-0.15, -0.1) is 0 Å². The molecule has 4 heterocycles. The number of nitrogens with one attached hydrogen (secondary N) is 1. The molecule has 3 aliphatic rings. The highest BCUT2D eigenvalue weighted by molar-refractivity contribution is 5.87. The zero-order chi connectivity index (χ0) is 16.9. The van der Waals surface area contributed by atoms with Gasteiger partial charge in [-0.05, 0) is 31.7 Å². The second kappa shape index (κ2) is 5.68. The molecule has 1 aliphatic carbocycles. The van der Waals surface area contributed by atoms with Crippen LogP contribution >= 0.6 is 0 Å². The van der Waals surface area contributed by atoms with E-state index in [2.05, 4.69) is 42.0 Å². The van der Waals surface area contributed by atoms with Crippen LogP contribution in [0.25, 0.3) is 11.0 Å². The SMILES string of the molecule is N#CC1CCCN(N2CCN(c3ncnc4[nH]ccc34)CC23CC3)C1. The van der Waals surface area contributed by atoms with Crippen LogP contribution < -0.4 is 4.90 Å². The number of nitrogens with zero attached hydrogens (tertiary/aromatic N) is 6. The van der Waals surface area contributed by atoms with E-state index in [1.165, 1.54) is 12.8 Å². The van der Waals surface area contributed by atoms with Crippen molar-refractivity contribution in [2.75, 3.05) is 37.6 Å². The third-order valence-corrected chi connectivity index (χ3v) is 6.00. The van der Waals surface area contributed by atoms with Crippen LogP contribution in [0.3, 0.4) is 0 Å². The van der Waals surface area contributed by atoms with Crippen molar-refractivity contribution in [3.63, 3.8) is 0 Å². The molecule has 130 valence electrons. The van der Waals surface area contributed by atoms with Crippen LogP contribution in [0.5, 0.6) is 0 Å². The van der Waals surface area contributed by atoms with Crippen molar-refractivity contribution < 1.29 is 0 Å². The van der Waals surface area contributed by atoms with E-state index in [9.17, 15) is 5.26 Å².